The minimum atomic E-state index is 0.205. The van der Waals surface area contributed by atoms with E-state index in [1.54, 1.807) is 7.11 Å². The Kier molecular flexibility index (Phi) is 3.61. The zero-order valence-electron chi connectivity index (χ0n) is 9.78. The lowest BCUT2D eigenvalue weighted by Gasteiger charge is -2.29. The van der Waals surface area contributed by atoms with Crippen LogP contribution in [-0.2, 0) is 4.74 Å². The third-order valence-electron chi connectivity index (χ3n) is 3.43. The first-order valence-electron chi connectivity index (χ1n) is 5.81. The molecule has 0 saturated heterocycles. The summed E-state index contributed by atoms with van der Waals surface area (Å²) >= 11 is 0. The van der Waals surface area contributed by atoms with E-state index in [4.69, 9.17) is 4.74 Å². The maximum atomic E-state index is 5.51. The molecule has 0 aliphatic heterocycles. The molecule has 1 aromatic carbocycles. The molecule has 1 aromatic rings. The van der Waals surface area contributed by atoms with Crippen LogP contribution in [0.15, 0.2) is 48.2 Å². The SMILES string of the molecule is C=C=C1CC[C@H](c2ccccc2)C[C@@H]1OC. The molecule has 2 atom stereocenters. The van der Waals surface area contributed by atoms with Crippen molar-refractivity contribution >= 4 is 0 Å². The molecule has 0 amide bonds. The zero-order valence-corrected chi connectivity index (χ0v) is 9.78. The molecule has 1 fully saturated rings. The van der Waals surface area contributed by atoms with Crippen LogP contribution in [0.2, 0.25) is 0 Å². The van der Waals surface area contributed by atoms with Gasteiger partial charge in [0.25, 0.3) is 0 Å². The maximum absolute atomic E-state index is 5.51. The molecule has 1 nitrogen and oxygen atoms in total. The standard InChI is InChI=1S/C15H18O/c1-3-12-9-10-14(11-15(12)16-2)13-7-5-4-6-8-13/h4-8,14-15H,1,9-11H2,2H3/t14-,15-/m0/s1. The second-order valence-electron chi connectivity index (χ2n) is 4.31. The lowest BCUT2D eigenvalue weighted by molar-refractivity contribution is 0.102. The van der Waals surface area contributed by atoms with Crippen molar-refractivity contribution < 1.29 is 4.74 Å². The molecule has 84 valence electrons. The van der Waals surface area contributed by atoms with Crippen LogP contribution in [0.25, 0.3) is 0 Å². The topological polar surface area (TPSA) is 9.23 Å². The first-order valence-corrected chi connectivity index (χ1v) is 5.81. The van der Waals surface area contributed by atoms with Crippen LogP contribution in [0, 0.1) is 0 Å². The minimum Gasteiger partial charge on any atom is -0.376 e. The number of benzene rings is 1. The van der Waals surface area contributed by atoms with Gasteiger partial charge in [-0.3, -0.25) is 0 Å². The monoisotopic (exact) mass is 214 g/mol. The van der Waals surface area contributed by atoms with Crippen LogP contribution in [0.1, 0.15) is 30.7 Å². The molecule has 2 rings (SSSR count). The van der Waals surface area contributed by atoms with Crippen molar-refractivity contribution in [2.45, 2.75) is 31.3 Å². The van der Waals surface area contributed by atoms with Crippen molar-refractivity contribution in [2.75, 3.05) is 7.11 Å². The molecule has 0 aromatic heterocycles. The van der Waals surface area contributed by atoms with E-state index in [0.717, 1.165) is 12.8 Å². The summed E-state index contributed by atoms with van der Waals surface area (Å²) in [6, 6.07) is 10.7. The molecule has 0 N–H and O–H groups in total. The van der Waals surface area contributed by atoms with Crippen LogP contribution >= 0.6 is 0 Å². The van der Waals surface area contributed by atoms with Crippen molar-refractivity contribution in [3.63, 3.8) is 0 Å². The number of methoxy groups -OCH3 is 1. The highest BCUT2D eigenvalue weighted by Crippen LogP contribution is 2.36. The maximum Gasteiger partial charge on any atom is 0.0860 e. The van der Waals surface area contributed by atoms with Gasteiger partial charge in [-0.2, -0.15) is 0 Å². The van der Waals surface area contributed by atoms with Gasteiger partial charge in [-0.25, -0.2) is 0 Å². The van der Waals surface area contributed by atoms with Crippen molar-refractivity contribution in [1.29, 1.82) is 0 Å². The summed E-state index contributed by atoms with van der Waals surface area (Å²) < 4.78 is 5.51. The summed E-state index contributed by atoms with van der Waals surface area (Å²) in [5, 5.41) is 0. The Labute approximate surface area is 97.4 Å². The summed E-state index contributed by atoms with van der Waals surface area (Å²) in [4.78, 5) is 0. The van der Waals surface area contributed by atoms with Crippen LogP contribution in [0.4, 0.5) is 0 Å². The van der Waals surface area contributed by atoms with Gasteiger partial charge in [0.1, 0.15) is 0 Å². The Hall–Kier alpha value is -1.30. The van der Waals surface area contributed by atoms with E-state index < -0.39 is 0 Å². The Balaban J connectivity index is 2.14. The van der Waals surface area contributed by atoms with E-state index in [0.29, 0.717) is 5.92 Å². The van der Waals surface area contributed by atoms with Gasteiger partial charge in [0.2, 0.25) is 0 Å². The second-order valence-corrected chi connectivity index (χ2v) is 4.31. The van der Waals surface area contributed by atoms with Crippen LogP contribution in [-0.4, -0.2) is 13.2 Å². The number of hydrogen-bond donors (Lipinski definition) is 0. The molecule has 16 heavy (non-hydrogen) atoms. The van der Waals surface area contributed by atoms with Crippen molar-refractivity contribution in [1.82, 2.24) is 0 Å². The van der Waals surface area contributed by atoms with E-state index in [-0.39, 0.29) is 6.10 Å². The van der Waals surface area contributed by atoms with E-state index in [2.05, 4.69) is 42.6 Å². The van der Waals surface area contributed by atoms with E-state index >= 15 is 0 Å². The summed E-state index contributed by atoms with van der Waals surface area (Å²) in [6.45, 7) is 3.74. The van der Waals surface area contributed by atoms with Crippen LogP contribution in [0.5, 0.6) is 0 Å². The Bertz CT molecular complexity index is 387. The third kappa shape index (κ3) is 2.27. The number of hydrogen-bond acceptors (Lipinski definition) is 1. The van der Waals surface area contributed by atoms with Gasteiger partial charge in [0.15, 0.2) is 0 Å². The van der Waals surface area contributed by atoms with Gasteiger partial charge in [-0.05, 0) is 36.3 Å². The Morgan fingerprint density at radius 3 is 2.69 bits per heavy atom. The highest BCUT2D eigenvalue weighted by molar-refractivity contribution is 5.23. The molecule has 1 heteroatoms. The molecule has 0 radical (unpaired) electrons. The van der Waals surface area contributed by atoms with Crippen molar-refractivity contribution in [3.8, 4) is 0 Å². The largest absolute Gasteiger partial charge is 0.376 e. The molecule has 1 aliphatic rings. The lowest BCUT2D eigenvalue weighted by atomic mass is 9.80. The van der Waals surface area contributed by atoms with Gasteiger partial charge in [0, 0.05) is 7.11 Å². The minimum absolute atomic E-state index is 0.205. The average molecular weight is 214 g/mol. The van der Waals surface area contributed by atoms with E-state index in [9.17, 15) is 0 Å². The Morgan fingerprint density at radius 1 is 1.31 bits per heavy atom. The predicted molar refractivity (Wildman–Crippen MR) is 66.5 cm³/mol. The highest BCUT2D eigenvalue weighted by Gasteiger charge is 2.26. The molecular formula is C15H18O. The zero-order chi connectivity index (χ0) is 11.4. The quantitative estimate of drug-likeness (QED) is 0.682. The molecule has 1 aliphatic carbocycles. The van der Waals surface area contributed by atoms with E-state index in [1.807, 2.05) is 0 Å². The fraction of sp³-hybridized carbons (Fsp3) is 0.400. The van der Waals surface area contributed by atoms with Gasteiger partial charge in [-0.15, -0.1) is 5.73 Å². The molecule has 0 bridgehead atoms. The molecular weight excluding hydrogens is 196 g/mol. The molecule has 0 spiro atoms. The van der Waals surface area contributed by atoms with Gasteiger partial charge >= 0.3 is 0 Å². The second kappa shape index (κ2) is 5.16. The molecule has 1 saturated carbocycles. The predicted octanol–water partition coefficient (Wildman–Crippen LogP) is 3.68. The fourth-order valence-corrected chi connectivity index (χ4v) is 2.48. The third-order valence-corrected chi connectivity index (χ3v) is 3.43. The van der Waals surface area contributed by atoms with Crippen molar-refractivity contribution in [3.05, 3.63) is 53.8 Å². The number of ether oxygens (including phenoxy) is 1. The van der Waals surface area contributed by atoms with Crippen molar-refractivity contribution in [2.24, 2.45) is 0 Å². The smallest absolute Gasteiger partial charge is 0.0860 e. The van der Waals surface area contributed by atoms with Crippen LogP contribution < -0.4 is 0 Å². The van der Waals surface area contributed by atoms with E-state index in [1.165, 1.54) is 17.6 Å². The average Bonchev–Trinajstić information content (AvgIpc) is 2.39. The number of rotatable bonds is 2. The first kappa shape index (κ1) is 11.2. The summed E-state index contributed by atoms with van der Waals surface area (Å²) in [6.07, 6.45) is 3.50. The summed E-state index contributed by atoms with van der Waals surface area (Å²) in [5.74, 6) is 0.614. The van der Waals surface area contributed by atoms with Gasteiger partial charge in [-0.1, -0.05) is 36.9 Å². The first-order chi connectivity index (χ1) is 7.85. The summed E-state index contributed by atoms with van der Waals surface area (Å²) in [5.41, 5.74) is 5.67. The molecule has 0 unspecified atom stereocenters. The summed E-state index contributed by atoms with van der Waals surface area (Å²) in [7, 11) is 1.77. The molecule has 0 heterocycles. The van der Waals surface area contributed by atoms with Gasteiger partial charge < -0.3 is 4.74 Å². The fourth-order valence-electron chi connectivity index (χ4n) is 2.48. The lowest BCUT2D eigenvalue weighted by Crippen LogP contribution is -2.22. The Morgan fingerprint density at radius 2 is 2.06 bits per heavy atom. The van der Waals surface area contributed by atoms with Crippen LogP contribution in [0.3, 0.4) is 0 Å². The highest BCUT2D eigenvalue weighted by atomic mass is 16.5. The van der Waals surface area contributed by atoms with Gasteiger partial charge in [0.05, 0.1) is 6.10 Å². The normalized spacial score (nSPS) is 25.2.